The summed E-state index contributed by atoms with van der Waals surface area (Å²) in [5.41, 5.74) is 0. The molecule has 6 heteroatoms. The molecule has 1 aliphatic rings. The fourth-order valence-corrected chi connectivity index (χ4v) is 1.89. The molecule has 0 saturated heterocycles. The molecule has 1 N–H and O–H groups in total. The van der Waals surface area contributed by atoms with E-state index >= 15 is 0 Å². The summed E-state index contributed by atoms with van der Waals surface area (Å²) >= 11 is 0. The van der Waals surface area contributed by atoms with Gasteiger partial charge in [-0.1, -0.05) is 0 Å². The summed E-state index contributed by atoms with van der Waals surface area (Å²) in [7, 11) is 0. The van der Waals surface area contributed by atoms with Crippen molar-refractivity contribution in [3.05, 3.63) is 0 Å². The van der Waals surface area contributed by atoms with Crippen LogP contribution in [0.25, 0.3) is 0 Å². The van der Waals surface area contributed by atoms with Crippen molar-refractivity contribution in [2.45, 2.75) is 31.5 Å². The molecule has 1 atom stereocenters. The van der Waals surface area contributed by atoms with Crippen molar-refractivity contribution in [3.8, 4) is 0 Å². The Labute approximate surface area is 85.9 Å². The Morgan fingerprint density at radius 3 is 2.53 bits per heavy atom. The number of halogens is 3. The number of Topliss-reactive ketones (excluding diaryl/α,β-unsaturated/α-hetero) is 1. The third-order valence-electron chi connectivity index (χ3n) is 2.48. The fraction of sp³-hybridized carbons (Fsp3) is 0.889. The molecule has 88 valence electrons. The lowest BCUT2D eigenvalue weighted by molar-refractivity contribution is -0.154. The molecule has 0 aromatic carbocycles. The Bertz CT molecular complexity index is 230. The van der Waals surface area contributed by atoms with Crippen molar-refractivity contribution in [1.82, 2.24) is 4.90 Å². The number of hydrogen-bond acceptors (Lipinski definition) is 3. The van der Waals surface area contributed by atoms with E-state index in [1.165, 1.54) is 0 Å². The summed E-state index contributed by atoms with van der Waals surface area (Å²) in [4.78, 5) is 12.3. The highest BCUT2D eigenvalue weighted by atomic mass is 19.4. The molecule has 1 aliphatic carbocycles. The first-order valence-electron chi connectivity index (χ1n) is 4.88. The molecule has 1 fully saturated rings. The number of alkyl halides is 3. The molecule has 0 aromatic heterocycles. The normalized spacial score (nSPS) is 22.7. The molecule has 0 heterocycles. The van der Waals surface area contributed by atoms with Crippen molar-refractivity contribution in [2.24, 2.45) is 0 Å². The zero-order valence-corrected chi connectivity index (χ0v) is 8.26. The van der Waals surface area contributed by atoms with Crippen molar-refractivity contribution < 1.29 is 23.1 Å². The van der Waals surface area contributed by atoms with Gasteiger partial charge in [-0.05, 0) is 12.8 Å². The molecule has 3 nitrogen and oxygen atoms in total. The maximum Gasteiger partial charge on any atom is 0.401 e. The minimum absolute atomic E-state index is 0.101. The van der Waals surface area contributed by atoms with Gasteiger partial charge in [0.1, 0.15) is 5.78 Å². The molecule has 0 aromatic rings. The van der Waals surface area contributed by atoms with Crippen LogP contribution in [0.1, 0.15) is 19.3 Å². The van der Waals surface area contributed by atoms with Crippen LogP contribution < -0.4 is 0 Å². The van der Waals surface area contributed by atoms with E-state index in [1.54, 1.807) is 0 Å². The summed E-state index contributed by atoms with van der Waals surface area (Å²) in [5, 5.41) is 8.66. The van der Waals surface area contributed by atoms with Crippen LogP contribution in [0.4, 0.5) is 13.2 Å². The zero-order chi connectivity index (χ0) is 11.5. The molecule has 1 saturated carbocycles. The predicted octanol–water partition coefficient (Wildman–Crippen LogP) is 0.965. The lowest BCUT2D eigenvalue weighted by Gasteiger charge is -2.27. The first-order valence-corrected chi connectivity index (χ1v) is 4.88. The number of carbonyl (C=O) groups excluding carboxylic acids is 1. The van der Waals surface area contributed by atoms with Gasteiger partial charge in [0.15, 0.2) is 0 Å². The highest BCUT2D eigenvalue weighted by molar-refractivity contribution is 5.85. The molecule has 0 aliphatic heterocycles. The van der Waals surface area contributed by atoms with E-state index in [2.05, 4.69) is 0 Å². The van der Waals surface area contributed by atoms with Gasteiger partial charge in [0.2, 0.25) is 0 Å². The number of aliphatic hydroxyl groups excluding tert-OH is 1. The second-order valence-corrected chi connectivity index (χ2v) is 3.68. The molecule has 0 radical (unpaired) electrons. The molecular formula is C9H14F3NO2. The van der Waals surface area contributed by atoms with E-state index in [4.69, 9.17) is 5.11 Å². The molecular weight excluding hydrogens is 211 g/mol. The smallest absolute Gasteiger partial charge is 0.395 e. The number of hydrogen-bond donors (Lipinski definition) is 1. The van der Waals surface area contributed by atoms with Gasteiger partial charge < -0.3 is 5.11 Å². The van der Waals surface area contributed by atoms with E-state index in [0.29, 0.717) is 19.3 Å². The van der Waals surface area contributed by atoms with E-state index in [1.807, 2.05) is 0 Å². The van der Waals surface area contributed by atoms with Crippen LogP contribution in [0.2, 0.25) is 0 Å². The van der Waals surface area contributed by atoms with E-state index in [9.17, 15) is 18.0 Å². The van der Waals surface area contributed by atoms with Gasteiger partial charge in [-0.3, -0.25) is 9.69 Å². The van der Waals surface area contributed by atoms with Crippen LogP contribution in [0, 0.1) is 0 Å². The van der Waals surface area contributed by atoms with E-state index in [-0.39, 0.29) is 18.9 Å². The first-order chi connectivity index (χ1) is 6.94. The third kappa shape index (κ3) is 3.79. The van der Waals surface area contributed by atoms with Crippen molar-refractivity contribution in [2.75, 3.05) is 19.7 Å². The zero-order valence-electron chi connectivity index (χ0n) is 8.26. The molecule has 0 bridgehead atoms. The lowest BCUT2D eigenvalue weighted by Crippen LogP contribution is -2.45. The van der Waals surface area contributed by atoms with Gasteiger partial charge in [-0.2, -0.15) is 13.2 Å². The van der Waals surface area contributed by atoms with Gasteiger partial charge >= 0.3 is 6.18 Å². The summed E-state index contributed by atoms with van der Waals surface area (Å²) in [5.74, 6) is -0.146. The second kappa shape index (κ2) is 4.94. The summed E-state index contributed by atoms with van der Waals surface area (Å²) in [6.07, 6.45) is -2.86. The summed E-state index contributed by atoms with van der Waals surface area (Å²) in [6.45, 7) is -1.58. The van der Waals surface area contributed by atoms with Crippen molar-refractivity contribution in [1.29, 1.82) is 0 Å². The van der Waals surface area contributed by atoms with E-state index < -0.39 is 18.8 Å². The fourth-order valence-electron chi connectivity index (χ4n) is 1.89. The Hall–Kier alpha value is -0.620. The SMILES string of the molecule is O=C1CCCC1N(CCO)CC(F)(F)F. The quantitative estimate of drug-likeness (QED) is 0.774. The van der Waals surface area contributed by atoms with Crippen LogP contribution in [0.5, 0.6) is 0 Å². The maximum atomic E-state index is 12.2. The predicted molar refractivity (Wildman–Crippen MR) is 47.4 cm³/mol. The monoisotopic (exact) mass is 225 g/mol. The highest BCUT2D eigenvalue weighted by Gasteiger charge is 2.37. The summed E-state index contributed by atoms with van der Waals surface area (Å²) < 4.78 is 36.5. The number of nitrogens with zero attached hydrogens (tertiary/aromatic N) is 1. The average molecular weight is 225 g/mol. The van der Waals surface area contributed by atoms with Gasteiger partial charge in [-0.25, -0.2) is 0 Å². The summed E-state index contributed by atoms with van der Waals surface area (Å²) in [6, 6.07) is -0.654. The molecule has 0 amide bonds. The van der Waals surface area contributed by atoms with Crippen LogP contribution >= 0.6 is 0 Å². The molecule has 1 rings (SSSR count). The van der Waals surface area contributed by atoms with Gasteiger partial charge in [0, 0.05) is 13.0 Å². The largest absolute Gasteiger partial charge is 0.401 e. The second-order valence-electron chi connectivity index (χ2n) is 3.68. The molecule has 15 heavy (non-hydrogen) atoms. The topological polar surface area (TPSA) is 40.5 Å². The van der Waals surface area contributed by atoms with Gasteiger partial charge in [-0.15, -0.1) is 0 Å². The van der Waals surface area contributed by atoms with Crippen molar-refractivity contribution >= 4 is 5.78 Å². The standard InChI is InChI=1S/C9H14F3NO2/c10-9(11,12)6-13(4-5-14)7-2-1-3-8(7)15/h7,14H,1-6H2. The van der Waals surface area contributed by atoms with Crippen LogP contribution in [-0.2, 0) is 4.79 Å². The van der Waals surface area contributed by atoms with Crippen molar-refractivity contribution in [3.63, 3.8) is 0 Å². The van der Waals surface area contributed by atoms with Crippen LogP contribution in [0.15, 0.2) is 0 Å². The number of rotatable bonds is 4. The molecule has 1 unspecified atom stereocenters. The number of aliphatic hydroxyl groups is 1. The van der Waals surface area contributed by atoms with Crippen LogP contribution in [-0.4, -0.2) is 47.7 Å². The highest BCUT2D eigenvalue weighted by Crippen LogP contribution is 2.24. The number of ketones is 1. The minimum atomic E-state index is -4.32. The average Bonchev–Trinajstić information content (AvgIpc) is 2.48. The first kappa shape index (κ1) is 12.4. The Kier molecular flexibility index (Phi) is 4.10. The Morgan fingerprint density at radius 1 is 1.47 bits per heavy atom. The van der Waals surface area contributed by atoms with Gasteiger partial charge in [0.05, 0.1) is 19.2 Å². The van der Waals surface area contributed by atoms with Crippen LogP contribution in [0.3, 0.4) is 0 Å². The minimum Gasteiger partial charge on any atom is -0.395 e. The maximum absolute atomic E-state index is 12.2. The lowest BCUT2D eigenvalue weighted by atomic mass is 10.2. The Morgan fingerprint density at radius 2 is 2.13 bits per heavy atom. The number of carbonyl (C=O) groups is 1. The molecule has 0 spiro atoms. The van der Waals surface area contributed by atoms with Gasteiger partial charge in [0.25, 0.3) is 0 Å². The Balaban J connectivity index is 2.60. The van der Waals surface area contributed by atoms with E-state index in [0.717, 1.165) is 4.90 Å². The third-order valence-corrected chi connectivity index (χ3v) is 2.48.